The number of benzene rings is 1. The average Bonchev–Trinajstić information content (AvgIpc) is 3.43. The standard InChI is InChI=1S/C23H32N7O8P/c1-12(2)36-22(33)13(3)29-39(34,38-14-7-5-4-6-8-14)35-10-16-15(9-31)18(32)21(37-16)30-11-26-17-19(24)27-23(25)28-20(17)30/h4-8,11-13,15-16,18,21,31-32H,9-10H2,1-3H3,(H,29,34)(H4,24,25,27,28)/t13-,15-,16-,18-,21-,39?/m1/s1. The molecule has 16 heteroatoms. The zero-order valence-electron chi connectivity index (χ0n) is 21.6. The van der Waals surface area contributed by atoms with Gasteiger partial charge in [0.2, 0.25) is 5.95 Å². The second-order valence-corrected chi connectivity index (χ2v) is 10.9. The van der Waals surface area contributed by atoms with Crippen molar-refractivity contribution in [1.82, 2.24) is 24.6 Å². The van der Waals surface area contributed by atoms with Gasteiger partial charge >= 0.3 is 13.7 Å². The van der Waals surface area contributed by atoms with E-state index in [0.29, 0.717) is 0 Å². The summed E-state index contributed by atoms with van der Waals surface area (Å²) in [5.41, 5.74) is 12.1. The van der Waals surface area contributed by atoms with Crippen LogP contribution in [0.3, 0.4) is 0 Å². The maximum atomic E-state index is 13.8. The zero-order chi connectivity index (χ0) is 28.3. The van der Waals surface area contributed by atoms with Crippen LogP contribution in [0.4, 0.5) is 11.8 Å². The van der Waals surface area contributed by atoms with Crippen molar-refractivity contribution < 1.29 is 38.1 Å². The molecule has 15 nitrogen and oxygen atoms in total. The smallest absolute Gasteiger partial charge is 0.459 e. The number of nitrogens with one attached hydrogen (secondary N) is 1. The molecule has 212 valence electrons. The molecule has 2 aromatic heterocycles. The van der Waals surface area contributed by atoms with Gasteiger partial charge in [0.05, 0.1) is 31.7 Å². The number of aliphatic hydroxyl groups is 2. The zero-order valence-corrected chi connectivity index (χ0v) is 22.5. The van der Waals surface area contributed by atoms with Crippen LogP contribution in [0.25, 0.3) is 11.2 Å². The van der Waals surface area contributed by atoms with Crippen molar-refractivity contribution >= 4 is 36.6 Å². The van der Waals surface area contributed by atoms with Gasteiger partial charge in [-0.05, 0) is 32.9 Å². The van der Waals surface area contributed by atoms with Crippen LogP contribution in [0.2, 0.25) is 0 Å². The van der Waals surface area contributed by atoms with E-state index >= 15 is 0 Å². The number of aliphatic hydroxyl groups excluding tert-OH is 2. The van der Waals surface area contributed by atoms with Crippen molar-refractivity contribution in [3.8, 4) is 5.75 Å². The molecule has 7 N–H and O–H groups in total. The molecular formula is C23H32N7O8P. The lowest BCUT2D eigenvalue weighted by molar-refractivity contribution is -0.149. The lowest BCUT2D eigenvalue weighted by atomic mass is 9.99. The van der Waals surface area contributed by atoms with E-state index in [9.17, 15) is 19.6 Å². The summed E-state index contributed by atoms with van der Waals surface area (Å²) in [4.78, 5) is 24.5. The first-order valence-electron chi connectivity index (χ1n) is 12.2. The van der Waals surface area contributed by atoms with Crippen molar-refractivity contribution in [3.63, 3.8) is 0 Å². The summed E-state index contributed by atoms with van der Waals surface area (Å²) in [7, 11) is -4.20. The van der Waals surface area contributed by atoms with Crippen molar-refractivity contribution in [2.24, 2.45) is 5.92 Å². The second-order valence-electron chi connectivity index (χ2n) is 9.23. The molecule has 1 unspecified atom stereocenters. The van der Waals surface area contributed by atoms with Crippen LogP contribution in [-0.4, -0.2) is 73.3 Å². The van der Waals surface area contributed by atoms with Gasteiger partial charge in [-0.25, -0.2) is 9.55 Å². The highest BCUT2D eigenvalue weighted by molar-refractivity contribution is 7.52. The van der Waals surface area contributed by atoms with Crippen LogP contribution in [0.15, 0.2) is 36.7 Å². The molecule has 1 saturated heterocycles. The van der Waals surface area contributed by atoms with E-state index < -0.39 is 50.7 Å². The van der Waals surface area contributed by atoms with E-state index in [1.165, 1.54) is 17.8 Å². The second kappa shape index (κ2) is 11.8. The molecule has 3 aromatic rings. The SMILES string of the molecule is CC(C)OC(=O)[C@@H](C)NP(=O)(OC[C@H]1O[C@@H](n2cnc3c(N)nc(N)nc32)[C@H](O)[C@@H]1CO)Oc1ccccc1. The number of imidazole rings is 1. The molecule has 1 aromatic carbocycles. The Balaban J connectivity index is 1.54. The molecule has 0 spiro atoms. The van der Waals surface area contributed by atoms with Crippen LogP contribution in [0, 0.1) is 5.92 Å². The number of hydrogen-bond donors (Lipinski definition) is 5. The average molecular weight is 566 g/mol. The van der Waals surface area contributed by atoms with Crippen molar-refractivity contribution in [2.75, 3.05) is 24.7 Å². The highest BCUT2D eigenvalue weighted by Crippen LogP contribution is 2.46. The number of ether oxygens (including phenoxy) is 2. The number of aromatic nitrogens is 4. The predicted octanol–water partition coefficient (Wildman–Crippen LogP) is 0.991. The predicted molar refractivity (Wildman–Crippen MR) is 139 cm³/mol. The molecule has 0 amide bonds. The van der Waals surface area contributed by atoms with Crippen LogP contribution >= 0.6 is 7.75 Å². The summed E-state index contributed by atoms with van der Waals surface area (Å²) in [5.74, 6) is -1.32. The fourth-order valence-corrected chi connectivity index (χ4v) is 5.56. The van der Waals surface area contributed by atoms with Crippen LogP contribution in [0.1, 0.15) is 27.0 Å². The van der Waals surface area contributed by atoms with E-state index in [1.807, 2.05) is 0 Å². The largest absolute Gasteiger partial charge is 0.462 e. The van der Waals surface area contributed by atoms with Gasteiger partial charge in [-0.1, -0.05) is 18.2 Å². The first-order valence-corrected chi connectivity index (χ1v) is 13.7. The fraction of sp³-hybridized carbons (Fsp3) is 0.478. The topological polar surface area (TPSA) is 219 Å². The minimum Gasteiger partial charge on any atom is -0.462 e. The minimum absolute atomic E-state index is 0.0533. The third-order valence-electron chi connectivity index (χ3n) is 5.91. The Morgan fingerprint density at radius 1 is 1.23 bits per heavy atom. The molecule has 1 aliphatic rings. The molecular weight excluding hydrogens is 533 g/mol. The quantitative estimate of drug-likeness (QED) is 0.162. The van der Waals surface area contributed by atoms with Crippen molar-refractivity contribution in [2.45, 2.75) is 51.4 Å². The molecule has 6 atom stereocenters. The van der Waals surface area contributed by atoms with Crippen molar-refractivity contribution in [1.29, 1.82) is 0 Å². The minimum atomic E-state index is -4.20. The molecule has 0 bridgehead atoms. The number of nitrogens with zero attached hydrogens (tertiary/aromatic N) is 4. The van der Waals surface area contributed by atoms with E-state index in [1.54, 1.807) is 44.2 Å². The molecule has 3 heterocycles. The van der Waals surface area contributed by atoms with Gasteiger partial charge in [0.15, 0.2) is 17.7 Å². The highest BCUT2D eigenvalue weighted by Gasteiger charge is 2.46. The Bertz CT molecular complexity index is 1340. The number of rotatable bonds is 11. The van der Waals surface area contributed by atoms with Gasteiger partial charge in [-0.3, -0.25) is 13.9 Å². The Kier molecular flexibility index (Phi) is 8.69. The summed E-state index contributed by atoms with van der Waals surface area (Å²) < 4.78 is 37.7. The summed E-state index contributed by atoms with van der Waals surface area (Å²) in [5, 5.41) is 23.6. The number of nitrogen functional groups attached to an aromatic ring is 2. The number of para-hydroxylation sites is 1. The van der Waals surface area contributed by atoms with E-state index in [4.69, 9.17) is 30.0 Å². The van der Waals surface area contributed by atoms with Gasteiger partial charge in [-0.15, -0.1) is 0 Å². The summed E-state index contributed by atoms with van der Waals surface area (Å²) in [6.45, 7) is 3.97. The molecule has 1 aliphatic heterocycles. The number of esters is 1. The number of carbonyl (C=O) groups excluding carboxylic acids is 1. The molecule has 39 heavy (non-hydrogen) atoms. The van der Waals surface area contributed by atoms with Gasteiger partial charge in [0.1, 0.15) is 23.4 Å². The monoisotopic (exact) mass is 565 g/mol. The number of fused-ring (bicyclic) bond motifs is 1. The van der Waals surface area contributed by atoms with Crippen LogP contribution in [0.5, 0.6) is 5.75 Å². The van der Waals surface area contributed by atoms with Gasteiger partial charge in [-0.2, -0.15) is 15.1 Å². The van der Waals surface area contributed by atoms with Gasteiger partial charge in [0.25, 0.3) is 0 Å². The summed E-state index contributed by atoms with van der Waals surface area (Å²) >= 11 is 0. The molecule has 4 rings (SSSR count). The molecule has 0 radical (unpaired) electrons. The Morgan fingerprint density at radius 3 is 2.62 bits per heavy atom. The van der Waals surface area contributed by atoms with Gasteiger partial charge in [0, 0.05) is 5.92 Å². The third kappa shape index (κ3) is 6.46. The number of nitrogens with two attached hydrogens (primary N) is 2. The molecule has 1 fully saturated rings. The summed E-state index contributed by atoms with van der Waals surface area (Å²) in [6.07, 6.45) is -2.27. The molecule has 0 aliphatic carbocycles. The summed E-state index contributed by atoms with van der Waals surface area (Å²) in [6, 6.07) is 7.20. The normalized spacial score (nSPS) is 23.5. The number of carbonyl (C=O) groups is 1. The lowest BCUT2D eigenvalue weighted by Gasteiger charge is -2.25. The fourth-order valence-electron chi connectivity index (χ4n) is 4.06. The van der Waals surface area contributed by atoms with E-state index in [0.717, 1.165) is 0 Å². The lowest BCUT2D eigenvalue weighted by Crippen LogP contribution is -2.37. The maximum Gasteiger partial charge on any atom is 0.459 e. The Morgan fingerprint density at radius 2 is 1.95 bits per heavy atom. The Labute approximate surface area is 224 Å². The van der Waals surface area contributed by atoms with Crippen LogP contribution < -0.4 is 21.1 Å². The maximum absolute atomic E-state index is 13.8. The van der Waals surface area contributed by atoms with Gasteiger partial charge < -0.3 is 35.7 Å². The number of hydrogen-bond acceptors (Lipinski definition) is 13. The first kappa shape index (κ1) is 28.7. The van der Waals surface area contributed by atoms with Crippen molar-refractivity contribution in [3.05, 3.63) is 36.7 Å². The third-order valence-corrected chi connectivity index (χ3v) is 7.55. The van der Waals surface area contributed by atoms with Crippen LogP contribution in [-0.2, 0) is 23.4 Å². The number of anilines is 2. The first-order chi connectivity index (χ1) is 18.5. The highest BCUT2D eigenvalue weighted by atomic mass is 31.2. The van der Waals surface area contributed by atoms with E-state index in [2.05, 4.69) is 20.0 Å². The molecule has 0 saturated carbocycles. The van der Waals surface area contributed by atoms with E-state index in [-0.39, 0.29) is 41.4 Å². The Hall–Kier alpha value is -3.33.